The highest BCUT2D eigenvalue weighted by molar-refractivity contribution is 7.94. The number of benzene rings is 4. The molecule has 336 valence electrons. The lowest BCUT2D eigenvalue weighted by molar-refractivity contribution is -0.777. The Kier molecular flexibility index (Phi) is 12.1. The second-order valence-corrected chi connectivity index (χ2v) is 20.9. The normalized spacial score (nSPS) is 17.0. The summed E-state index contributed by atoms with van der Waals surface area (Å²) >= 11 is 0.491. The quantitative estimate of drug-likeness (QED) is 0.0236. The Labute approximate surface area is 373 Å². The zero-order chi connectivity index (χ0) is 46.9. The van der Waals surface area contributed by atoms with Crippen molar-refractivity contribution in [2.45, 2.75) is 72.0 Å². The molecule has 0 atom stereocenters. The Hall–Kier alpha value is -5.33. The zero-order valence-electron chi connectivity index (χ0n) is 34.9. The van der Waals surface area contributed by atoms with Crippen LogP contribution in [0.4, 0.5) is 11.4 Å². The Morgan fingerprint density at radius 2 is 1.47 bits per heavy atom. The van der Waals surface area contributed by atoms with Crippen LogP contribution < -0.4 is 10.2 Å². The van der Waals surface area contributed by atoms with Gasteiger partial charge < -0.3 is 15.3 Å². The van der Waals surface area contributed by atoms with Crippen LogP contribution in [0.5, 0.6) is 0 Å². The fourth-order valence-corrected chi connectivity index (χ4v) is 11.3. The maximum atomic E-state index is 12.5. The highest BCUT2D eigenvalue weighted by atomic mass is 32.2. The van der Waals surface area contributed by atoms with Gasteiger partial charge in [-0.1, -0.05) is 26.0 Å². The number of allylic oxidation sites excluding steroid dienone is 6. The lowest BCUT2D eigenvalue weighted by Gasteiger charge is -2.26. The molecule has 7 rings (SSSR count). The smallest absolute Gasteiger partial charge is 0.337 e. The largest absolute Gasteiger partial charge is 0.691 e. The van der Waals surface area contributed by atoms with Crippen molar-refractivity contribution < 1.29 is 68.0 Å². The van der Waals surface area contributed by atoms with E-state index in [-0.39, 0.29) is 21.2 Å². The Morgan fingerprint density at radius 3 is 2.03 bits per heavy atom. The number of likely N-dealkylation sites (N-methyl/N-ethyl adjacent to an activating group) is 1. The Bertz CT molecular complexity index is 3280. The molecule has 3 heterocycles. The van der Waals surface area contributed by atoms with Gasteiger partial charge >= 0.3 is 5.97 Å². The maximum absolute atomic E-state index is 12.5. The number of carbonyl (C=O) groups is 1. The third kappa shape index (κ3) is 8.16. The van der Waals surface area contributed by atoms with E-state index in [1.54, 1.807) is 30.4 Å². The first-order chi connectivity index (χ1) is 29.9. The molecule has 0 saturated heterocycles. The molecule has 4 aromatic carbocycles. The summed E-state index contributed by atoms with van der Waals surface area (Å²) in [6.07, 6.45) is 8.50. The topological polar surface area (TPSA) is 261 Å². The Balaban J connectivity index is 1.41. The van der Waals surface area contributed by atoms with Crippen molar-refractivity contribution in [3.8, 4) is 0 Å². The second kappa shape index (κ2) is 16.6. The van der Waals surface area contributed by atoms with Crippen LogP contribution in [0, 0.1) is 0 Å². The third-order valence-corrected chi connectivity index (χ3v) is 14.8. The average Bonchev–Trinajstić information content (AvgIpc) is 3.59. The molecule has 4 N–H and O–H groups in total. The van der Waals surface area contributed by atoms with Crippen molar-refractivity contribution >= 4 is 92.6 Å². The standard InChI is InChI=1S/C43H41N3O14S4/c1-7-45-33-15-12-28-30(19-26(62(50,51)52)21-35(28)61-60-59-49)39(33)42(3,4)37(45)17-10-24(32-14-9-25(23-44-32)41(47)48)11-18-38-43(5,6)40-31-20-27(63(53,54)55)22-36(64(56,57)58)29(31)13-16-34(40)46(38)8-2/h9-23H,7-8H2,1-6H3,(H4-,47,48,49,50,51,52,53,54,55,56,57,58). The lowest BCUT2D eigenvalue weighted by Crippen LogP contribution is -2.27. The van der Waals surface area contributed by atoms with E-state index in [0.29, 0.717) is 75.7 Å². The molecule has 0 radical (unpaired) electrons. The summed E-state index contributed by atoms with van der Waals surface area (Å²) in [5, 5.41) is 25.1. The van der Waals surface area contributed by atoms with Gasteiger partial charge in [-0.3, -0.25) is 23.7 Å². The number of carboxylic acids is 1. The number of carboxylic acid groups (broad SMARTS) is 1. The van der Waals surface area contributed by atoms with Gasteiger partial charge in [0.05, 0.1) is 38.5 Å². The lowest BCUT2D eigenvalue weighted by atomic mass is 9.79. The molecule has 0 unspecified atom stereocenters. The number of rotatable bonds is 13. The van der Waals surface area contributed by atoms with Crippen LogP contribution in [0.15, 0.2) is 116 Å². The highest BCUT2D eigenvalue weighted by Gasteiger charge is 2.46. The fraction of sp³-hybridized carbons (Fsp3) is 0.233. The van der Waals surface area contributed by atoms with E-state index in [1.165, 1.54) is 36.5 Å². The van der Waals surface area contributed by atoms with Crippen molar-refractivity contribution in [1.82, 2.24) is 4.98 Å². The molecule has 0 fully saturated rings. The fourth-order valence-electron chi connectivity index (χ4n) is 8.85. The molecular formula is C43H41N3O14S4. The number of aromatic nitrogens is 1. The van der Waals surface area contributed by atoms with Gasteiger partial charge in [0.15, 0.2) is 5.71 Å². The molecule has 17 nitrogen and oxygen atoms in total. The van der Waals surface area contributed by atoms with Gasteiger partial charge in [-0.2, -0.15) is 34.2 Å². The summed E-state index contributed by atoms with van der Waals surface area (Å²) in [6.45, 7) is 12.3. The zero-order valence-corrected chi connectivity index (χ0v) is 38.2. The van der Waals surface area contributed by atoms with Gasteiger partial charge in [-0.05, 0) is 110 Å². The summed E-state index contributed by atoms with van der Waals surface area (Å²) < 4.78 is 112. The second-order valence-electron chi connectivity index (χ2n) is 16.0. The highest BCUT2D eigenvalue weighted by Crippen LogP contribution is 2.52. The molecule has 2 aliphatic rings. The average molecular weight is 952 g/mol. The number of anilines is 1. The number of nitrogens with zero attached hydrogens (tertiary/aromatic N) is 3. The van der Waals surface area contributed by atoms with Crippen LogP contribution in [0.3, 0.4) is 0 Å². The molecule has 5 aromatic rings. The summed E-state index contributed by atoms with van der Waals surface area (Å²) in [7, 11) is -14.6. The van der Waals surface area contributed by atoms with Crippen LogP contribution in [-0.2, 0) is 50.6 Å². The molecule has 0 bridgehead atoms. The van der Waals surface area contributed by atoms with Crippen LogP contribution >= 0.6 is 12.0 Å². The van der Waals surface area contributed by atoms with E-state index in [0.717, 1.165) is 11.4 Å². The van der Waals surface area contributed by atoms with E-state index in [1.807, 2.05) is 69.2 Å². The first kappa shape index (κ1) is 46.7. The van der Waals surface area contributed by atoms with Gasteiger partial charge in [-0.25, -0.2) is 4.79 Å². The SMILES string of the molecule is CCN1/C(=C/C=C(/C=C/C2=[N+](CC)c3ccc4c(SOO[O-])cc(S(=O)(=O)O)cc4c3C2(C)C)c2ccc(C(=O)O)cn2)C(C)(C)c2c1ccc1c(S(=O)(=O)O)cc(S(=O)(=O)O)cc21. The molecule has 0 spiro atoms. The van der Waals surface area contributed by atoms with Crippen molar-refractivity contribution in [2.75, 3.05) is 18.0 Å². The van der Waals surface area contributed by atoms with E-state index in [4.69, 9.17) is 0 Å². The molecule has 21 heteroatoms. The molecule has 1 aromatic heterocycles. The minimum atomic E-state index is -4.95. The minimum Gasteiger partial charge on any atom is -0.691 e. The molecule has 2 aliphatic heterocycles. The molecule has 64 heavy (non-hydrogen) atoms. The minimum absolute atomic E-state index is 0.0420. The predicted molar refractivity (Wildman–Crippen MR) is 236 cm³/mol. The summed E-state index contributed by atoms with van der Waals surface area (Å²) in [4.78, 5) is 16.6. The number of aromatic carboxylic acids is 1. The van der Waals surface area contributed by atoms with Crippen LogP contribution in [0.25, 0.3) is 27.1 Å². The van der Waals surface area contributed by atoms with E-state index in [2.05, 4.69) is 14.4 Å². The van der Waals surface area contributed by atoms with Crippen molar-refractivity contribution in [1.29, 1.82) is 0 Å². The van der Waals surface area contributed by atoms with E-state index in [9.17, 15) is 54.1 Å². The predicted octanol–water partition coefficient (Wildman–Crippen LogP) is 6.79. The van der Waals surface area contributed by atoms with Crippen LogP contribution in [0.1, 0.15) is 68.7 Å². The first-order valence-corrected chi connectivity index (χ1v) is 24.4. The third-order valence-electron chi connectivity index (χ3n) is 11.6. The van der Waals surface area contributed by atoms with E-state index >= 15 is 0 Å². The number of pyridine rings is 1. The van der Waals surface area contributed by atoms with Gasteiger partial charge in [0.25, 0.3) is 30.4 Å². The number of fused-ring (bicyclic) bond motifs is 6. The van der Waals surface area contributed by atoms with Crippen molar-refractivity contribution in [3.05, 3.63) is 119 Å². The van der Waals surface area contributed by atoms with Gasteiger partial charge in [0.1, 0.15) is 11.4 Å². The van der Waals surface area contributed by atoms with Crippen molar-refractivity contribution in [3.63, 3.8) is 0 Å². The summed E-state index contributed by atoms with van der Waals surface area (Å²) in [6, 6.07) is 14.1. The van der Waals surface area contributed by atoms with Gasteiger partial charge in [0.2, 0.25) is 5.69 Å². The molecular weight excluding hydrogens is 911 g/mol. The first-order valence-electron chi connectivity index (χ1n) is 19.4. The maximum Gasteiger partial charge on any atom is 0.337 e. The van der Waals surface area contributed by atoms with Gasteiger partial charge in [-0.15, -0.1) is 0 Å². The monoisotopic (exact) mass is 951 g/mol. The van der Waals surface area contributed by atoms with E-state index < -0.39 is 61.8 Å². The molecule has 0 amide bonds. The number of hydrogen-bond acceptors (Lipinski definition) is 13. The molecule has 0 saturated carbocycles. The van der Waals surface area contributed by atoms with Gasteiger partial charge in [0, 0.05) is 63.1 Å². The van der Waals surface area contributed by atoms with Crippen LogP contribution in [-0.4, -0.2) is 78.3 Å². The van der Waals surface area contributed by atoms with Crippen LogP contribution in [0.2, 0.25) is 0 Å². The number of hydrogen-bond donors (Lipinski definition) is 4. The molecule has 0 aliphatic carbocycles. The van der Waals surface area contributed by atoms with Crippen molar-refractivity contribution in [2.24, 2.45) is 0 Å². The Morgan fingerprint density at radius 1 is 0.828 bits per heavy atom. The summed E-state index contributed by atoms with van der Waals surface area (Å²) in [5.74, 6) is -1.18. The summed E-state index contributed by atoms with van der Waals surface area (Å²) in [5.41, 5.74) is 3.12.